The van der Waals surface area contributed by atoms with E-state index in [0.29, 0.717) is 0 Å². The number of isothiocyanates is 1. The van der Waals surface area contributed by atoms with Crippen LogP contribution in [0.5, 0.6) is 0 Å². The molecule has 0 aromatic carbocycles. The highest BCUT2D eigenvalue weighted by atomic mass is 32.1. The average Bonchev–Trinajstić information content (AvgIpc) is 2.16. The zero-order valence-corrected chi connectivity index (χ0v) is 9.47. The Balaban J connectivity index is 0. The Labute approximate surface area is 100 Å². The van der Waals surface area contributed by atoms with Gasteiger partial charge in [-0.15, -0.1) is 27.7 Å². The van der Waals surface area contributed by atoms with Crippen LogP contribution in [0.2, 0.25) is 0 Å². The summed E-state index contributed by atoms with van der Waals surface area (Å²) in [6.07, 6.45) is 2.23. The Morgan fingerprint density at radius 1 is 1.27 bits per heavy atom. The lowest BCUT2D eigenvalue weighted by molar-refractivity contribution is 0.565. The Bertz CT molecular complexity index is 363. The third-order valence-electron chi connectivity index (χ3n) is 0.476. The highest BCUT2D eigenvalue weighted by Gasteiger charge is 1.80. The maximum atomic E-state index is 9.32. The van der Waals surface area contributed by atoms with E-state index in [1.54, 1.807) is 0 Å². The lowest BCUT2D eigenvalue weighted by Crippen LogP contribution is -1.99. The number of nitrogens with two attached hydrogens (primary N) is 1. The molecule has 0 aliphatic heterocycles. The van der Waals surface area contributed by atoms with Gasteiger partial charge in [-0.05, 0) is 24.4 Å². The number of thiocarbonyl (C=S) groups is 2. The molecule has 0 amide bonds. The number of rotatable bonds is 1. The minimum Gasteiger partial charge on any atom is -0.377 e. The third-order valence-corrected chi connectivity index (χ3v) is 0.830. The van der Waals surface area contributed by atoms with Crippen LogP contribution in [0.3, 0.4) is 0 Å². The molecule has 7 nitrogen and oxygen atoms in total. The first-order chi connectivity index (χ1) is 7.08. The Hall–Kier alpha value is -1.53. The highest BCUT2D eigenvalue weighted by Crippen LogP contribution is 1.75. The summed E-state index contributed by atoms with van der Waals surface area (Å²) in [7, 11) is 0. The number of nitrogens with zero attached hydrogens (tertiary/aromatic N) is 4. The molecule has 0 saturated carbocycles. The van der Waals surface area contributed by atoms with Gasteiger partial charge in [0.2, 0.25) is 17.3 Å². The van der Waals surface area contributed by atoms with Crippen molar-refractivity contribution in [3.8, 4) is 0 Å². The first-order valence-corrected chi connectivity index (χ1v) is 4.13. The first kappa shape index (κ1) is 15.9. The summed E-state index contributed by atoms with van der Waals surface area (Å²) in [4.78, 5) is 24.3. The monoisotopic (exact) mass is 261 g/mol. The quantitative estimate of drug-likeness (QED) is 0.175. The van der Waals surface area contributed by atoms with E-state index >= 15 is 0 Å². The second-order valence-electron chi connectivity index (χ2n) is 1.34. The molecule has 0 rings (SSSR count). The maximum Gasteiger partial charge on any atom is 0.242 e. The molecule has 2 N–H and O–H groups in total. The van der Waals surface area contributed by atoms with E-state index in [1.165, 1.54) is 0 Å². The number of thiol groups is 1. The molecule has 0 aliphatic rings. The first-order valence-electron chi connectivity index (χ1n) is 2.87. The normalized spacial score (nSPS) is 7.93. The Kier molecular flexibility index (Phi) is 13.2. The van der Waals surface area contributed by atoms with Gasteiger partial charge in [0.25, 0.3) is 0 Å². The number of hydrogen-bond acceptors (Lipinski definition) is 6. The van der Waals surface area contributed by atoms with Crippen LogP contribution in [-0.2, 0) is 9.59 Å². The zero-order chi connectivity index (χ0) is 12.1. The van der Waals surface area contributed by atoms with E-state index in [9.17, 15) is 9.59 Å². The molecule has 0 unspecified atom stereocenters. The Morgan fingerprint density at radius 3 is 1.93 bits per heavy atom. The minimum absolute atomic E-state index is 0.0809. The summed E-state index contributed by atoms with van der Waals surface area (Å²) >= 11 is 11.9. The van der Waals surface area contributed by atoms with Crippen LogP contribution in [0.25, 0.3) is 0 Å². The van der Waals surface area contributed by atoms with Gasteiger partial charge in [-0.2, -0.15) is 0 Å². The fraction of sp³-hybridized carbons (Fsp3) is 0. The summed E-state index contributed by atoms with van der Waals surface area (Å²) in [5.41, 5.74) is 4.91. The van der Waals surface area contributed by atoms with Crippen molar-refractivity contribution < 1.29 is 9.59 Å². The van der Waals surface area contributed by atoms with E-state index in [2.05, 4.69) is 57.3 Å². The fourth-order valence-corrected chi connectivity index (χ4v) is 0.335. The third kappa shape index (κ3) is 19.1. The topological polar surface area (TPSA) is 110 Å². The summed E-state index contributed by atoms with van der Waals surface area (Å²) in [5, 5.41) is 8.05. The molecule has 0 spiro atoms. The van der Waals surface area contributed by atoms with E-state index in [0.717, 1.165) is 12.2 Å². The standard InChI is InChI=1S/C3N2O2S.C2H3N3S2/c6-1-4-3(8)5-2-7;3-2(7)5-4-1-6/h;(H3,3,5,7). The van der Waals surface area contributed by atoms with Gasteiger partial charge in [-0.25, -0.2) is 9.59 Å². The summed E-state index contributed by atoms with van der Waals surface area (Å²) in [6.45, 7) is 0. The molecule has 0 saturated heterocycles. The van der Waals surface area contributed by atoms with Crippen molar-refractivity contribution in [1.82, 2.24) is 0 Å². The van der Waals surface area contributed by atoms with Crippen LogP contribution in [-0.4, -0.2) is 27.6 Å². The average molecular weight is 261 g/mol. The lowest BCUT2D eigenvalue weighted by Gasteiger charge is -1.74. The van der Waals surface area contributed by atoms with Crippen LogP contribution in [0.4, 0.5) is 0 Å². The number of isocyanates is 2. The van der Waals surface area contributed by atoms with Crippen molar-refractivity contribution in [2.75, 3.05) is 0 Å². The van der Waals surface area contributed by atoms with Crippen molar-refractivity contribution >= 4 is 64.7 Å². The second kappa shape index (κ2) is 12.5. The second-order valence-corrected chi connectivity index (χ2v) is 2.34. The molecule has 0 aromatic heterocycles. The van der Waals surface area contributed by atoms with Gasteiger partial charge in [0, 0.05) is 0 Å². The van der Waals surface area contributed by atoms with Gasteiger partial charge in [-0.1, -0.05) is 5.10 Å². The van der Waals surface area contributed by atoms with E-state index in [-0.39, 0.29) is 10.3 Å². The maximum absolute atomic E-state index is 9.32. The van der Waals surface area contributed by atoms with Crippen LogP contribution in [0, 0.1) is 0 Å². The van der Waals surface area contributed by atoms with Gasteiger partial charge in [0.1, 0.15) is 0 Å². The van der Waals surface area contributed by atoms with Gasteiger partial charge >= 0.3 is 0 Å². The molecule has 0 atom stereocenters. The van der Waals surface area contributed by atoms with E-state index < -0.39 is 0 Å². The summed E-state index contributed by atoms with van der Waals surface area (Å²) in [6, 6.07) is 0. The summed E-state index contributed by atoms with van der Waals surface area (Å²) < 4.78 is 0. The molecule has 0 bridgehead atoms. The van der Waals surface area contributed by atoms with Gasteiger partial charge in [0.15, 0.2) is 5.17 Å². The molecular weight excluding hydrogens is 258 g/mol. The number of hydrogen-bond donors (Lipinski definition) is 2. The molecule has 0 fully saturated rings. The SMILES string of the molecule is NC(S)=NN=C=S.O=C=NC(=S)N=C=O. The predicted octanol–water partition coefficient (Wildman–Crippen LogP) is 0.192. The van der Waals surface area contributed by atoms with E-state index in [4.69, 9.17) is 5.73 Å². The number of aliphatic imine (C=N–C) groups is 2. The molecule has 15 heavy (non-hydrogen) atoms. The van der Waals surface area contributed by atoms with Crippen molar-refractivity contribution in [3.05, 3.63) is 0 Å². The van der Waals surface area contributed by atoms with Crippen LogP contribution >= 0.6 is 37.1 Å². The smallest absolute Gasteiger partial charge is 0.242 e. The minimum atomic E-state index is -0.352. The van der Waals surface area contributed by atoms with Crippen LogP contribution in [0.1, 0.15) is 0 Å². The molecule has 0 heterocycles. The summed E-state index contributed by atoms with van der Waals surface area (Å²) in [5.74, 6) is 0. The zero-order valence-electron chi connectivity index (χ0n) is 6.95. The lowest BCUT2D eigenvalue weighted by atomic mass is 11.1. The van der Waals surface area contributed by atoms with Crippen molar-refractivity contribution in [2.24, 2.45) is 25.9 Å². The van der Waals surface area contributed by atoms with Gasteiger partial charge in [0.05, 0.1) is 5.16 Å². The van der Waals surface area contributed by atoms with Crippen molar-refractivity contribution in [1.29, 1.82) is 0 Å². The number of carbonyl (C=O) groups excluding carboxylic acids is 2. The van der Waals surface area contributed by atoms with Crippen molar-refractivity contribution in [2.45, 2.75) is 0 Å². The van der Waals surface area contributed by atoms with Gasteiger partial charge in [-0.3, -0.25) is 0 Å². The fourth-order valence-electron chi connectivity index (χ4n) is 0.175. The molecule has 0 aliphatic carbocycles. The molecule has 0 radical (unpaired) electrons. The predicted molar refractivity (Wildman–Crippen MR) is 64.5 cm³/mol. The van der Waals surface area contributed by atoms with E-state index in [1.807, 2.05) is 5.16 Å². The molecule has 10 heteroatoms. The molecule has 78 valence electrons. The van der Waals surface area contributed by atoms with Crippen LogP contribution in [0.15, 0.2) is 20.2 Å². The molecule has 0 aromatic rings. The number of amidine groups is 1. The largest absolute Gasteiger partial charge is 0.377 e. The van der Waals surface area contributed by atoms with Crippen LogP contribution < -0.4 is 5.73 Å². The van der Waals surface area contributed by atoms with Crippen molar-refractivity contribution in [3.63, 3.8) is 0 Å². The van der Waals surface area contributed by atoms with Gasteiger partial charge < -0.3 is 5.73 Å². The highest BCUT2D eigenvalue weighted by molar-refractivity contribution is 7.96. The molecular formula is C5H3N5O2S3. The Morgan fingerprint density at radius 2 is 1.73 bits per heavy atom.